The van der Waals surface area contributed by atoms with Gasteiger partial charge in [-0.2, -0.15) is 0 Å². The monoisotopic (exact) mass is 547 g/mol. The molecule has 0 aliphatic carbocycles. The Kier molecular flexibility index (Phi) is 11.9. The van der Waals surface area contributed by atoms with Crippen molar-refractivity contribution in [3.05, 3.63) is 113 Å². The van der Waals surface area contributed by atoms with Gasteiger partial charge in [-0.1, -0.05) is 72.8 Å². The lowest BCUT2D eigenvalue weighted by Gasteiger charge is -2.23. The number of benzene rings is 3. The van der Waals surface area contributed by atoms with Crippen LogP contribution in [-0.4, -0.2) is 57.4 Å². The highest BCUT2D eigenvalue weighted by Gasteiger charge is 2.29. The number of esters is 1. The van der Waals surface area contributed by atoms with Crippen LogP contribution in [0.15, 0.2) is 84.9 Å². The van der Waals surface area contributed by atoms with Gasteiger partial charge in [-0.05, 0) is 73.1 Å². The average molecular weight is 548 g/mol. The number of hydrogen-bond acceptors (Lipinski definition) is 7. The molecule has 0 saturated heterocycles. The Morgan fingerprint density at radius 1 is 0.900 bits per heavy atom. The van der Waals surface area contributed by atoms with Crippen molar-refractivity contribution in [2.24, 2.45) is 11.7 Å². The van der Waals surface area contributed by atoms with Gasteiger partial charge < -0.3 is 30.9 Å². The van der Waals surface area contributed by atoms with Crippen molar-refractivity contribution in [3.63, 3.8) is 0 Å². The second-order valence-electron chi connectivity index (χ2n) is 10.4. The van der Waals surface area contributed by atoms with Gasteiger partial charge in [0.1, 0.15) is 11.9 Å². The van der Waals surface area contributed by atoms with Gasteiger partial charge in [0.25, 0.3) is 0 Å². The molecule has 0 bridgehead atoms. The van der Waals surface area contributed by atoms with Crippen molar-refractivity contribution < 1.29 is 30.0 Å². The number of ether oxygens (including phenoxy) is 1. The molecule has 0 saturated carbocycles. The highest BCUT2D eigenvalue weighted by Crippen LogP contribution is 2.23. The molecule has 3 aromatic carbocycles. The molecule has 5 unspecified atom stereocenters. The van der Waals surface area contributed by atoms with Crippen LogP contribution in [0.3, 0.4) is 0 Å². The quantitative estimate of drug-likeness (QED) is 0.154. The van der Waals surface area contributed by atoms with Gasteiger partial charge in [0.05, 0.1) is 24.7 Å². The third-order valence-electron chi connectivity index (χ3n) is 7.13. The molecule has 0 heterocycles. The van der Waals surface area contributed by atoms with Gasteiger partial charge in [-0.15, -0.1) is 0 Å². The number of nitrogens with two attached hydrogens (primary N) is 1. The highest BCUT2D eigenvalue weighted by molar-refractivity contribution is 5.74. The second kappa shape index (κ2) is 15.3. The molecule has 40 heavy (non-hydrogen) atoms. The van der Waals surface area contributed by atoms with Gasteiger partial charge >= 0.3 is 5.97 Å². The van der Waals surface area contributed by atoms with Crippen LogP contribution >= 0.6 is 0 Å². The lowest BCUT2D eigenvalue weighted by molar-refractivity contribution is -0.159. The van der Waals surface area contributed by atoms with E-state index in [9.17, 15) is 25.2 Å². The number of hydrogen-bond donors (Lipinski definition) is 5. The van der Waals surface area contributed by atoms with Crippen molar-refractivity contribution in [3.8, 4) is 5.75 Å². The minimum atomic E-state index is -1.17. The summed E-state index contributed by atoms with van der Waals surface area (Å²) in [5.74, 6) is -1.32. The Labute approximate surface area is 236 Å². The molecular formula is C33H41NO6. The van der Waals surface area contributed by atoms with Gasteiger partial charge in [-0.3, -0.25) is 4.79 Å². The molecule has 214 valence electrons. The van der Waals surface area contributed by atoms with Crippen LogP contribution in [-0.2, 0) is 28.8 Å². The SMILES string of the molecule is Cc1cc(O)cc(C)c1CC(N)C(O)C/C=C/C(O)C(Cc1ccccc1)C(=O)OC(CO)Cc1ccccc1. The minimum Gasteiger partial charge on any atom is -0.508 e. The Hall–Kier alpha value is -3.49. The second-order valence-corrected chi connectivity index (χ2v) is 10.4. The summed E-state index contributed by atoms with van der Waals surface area (Å²) < 4.78 is 5.65. The van der Waals surface area contributed by atoms with Crippen LogP contribution in [0.4, 0.5) is 0 Å². The molecule has 0 spiro atoms. The van der Waals surface area contributed by atoms with Crippen LogP contribution in [0.5, 0.6) is 5.75 Å². The summed E-state index contributed by atoms with van der Waals surface area (Å²) in [6, 6.07) is 21.6. The third-order valence-corrected chi connectivity index (χ3v) is 7.13. The molecule has 7 heteroatoms. The first-order valence-corrected chi connectivity index (χ1v) is 13.6. The summed E-state index contributed by atoms with van der Waals surface area (Å²) in [5, 5.41) is 41.3. The molecule has 0 fully saturated rings. The fourth-order valence-electron chi connectivity index (χ4n) is 4.81. The first kappa shape index (κ1) is 31.0. The van der Waals surface area contributed by atoms with Crippen LogP contribution < -0.4 is 5.73 Å². The van der Waals surface area contributed by atoms with Crippen molar-refractivity contribution in [2.45, 2.75) is 63.9 Å². The zero-order valence-corrected chi connectivity index (χ0v) is 23.2. The molecule has 5 atom stereocenters. The molecule has 0 aliphatic heterocycles. The fourth-order valence-corrected chi connectivity index (χ4v) is 4.81. The molecule has 0 aliphatic rings. The lowest BCUT2D eigenvalue weighted by Crippen LogP contribution is -2.37. The van der Waals surface area contributed by atoms with E-state index >= 15 is 0 Å². The number of carbonyl (C=O) groups excluding carboxylic acids is 1. The third kappa shape index (κ3) is 9.31. The number of aromatic hydroxyl groups is 1. The van der Waals surface area contributed by atoms with Crippen molar-refractivity contribution in [2.75, 3.05) is 6.61 Å². The molecule has 0 radical (unpaired) electrons. The highest BCUT2D eigenvalue weighted by atomic mass is 16.6. The summed E-state index contributed by atoms with van der Waals surface area (Å²) in [6.07, 6.45) is 1.56. The average Bonchev–Trinajstić information content (AvgIpc) is 2.94. The molecular weight excluding hydrogens is 506 g/mol. The Bertz CT molecular complexity index is 1210. The first-order valence-electron chi connectivity index (χ1n) is 13.6. The van der Waals surface area contributed by atoms with Crippen molar-refractivity contribution in [1.29, 1.82) is 0 Å². The predicted octanol–water partition coefficient (Wildman–Crippen LogP) is 3.55. The smallest absolute Gasteiger partial charge is 0.312 e. The largest absolute Gasteiger partial charge is 0.508 e. The van der Waals surface area contributed by atoms with Crippen LogP contribution in [0, 0.1) is 19.8 Å². The molecule has 0 aromatic heterocycles. The van der Waals surface area contributed by atoms with Crippen LogP contribution in [0.1, 0.15) is 34.2 Å². The lowest BCUT2D eigenvalue weighted by atomic mass is 9.92. The van der Waals surface area contributed by atoms with E-state index in [0.717, 1.165) is 27.8 Å². The van der Waals surface area contributed by atoms with Gasteiger partial charge in [-0.25, -0.2) is 0 Å². The number of carbonyl (C=O) groups is 1. The van der Waals surface area contributed by atoms with Gasteiger partial charge in [0.15, 0.2) is 0 Å². The maximum absolute atomic E-state index is 13.2. The summed E-state index contributed by atoms with van der Waals surface area (Å²) in [4.78, 5) is 13.2. The maximum atomic E-state index is 13.2. The van der Waals surface area contributed by atoms with Gasteiger partial charge in [0, 0.05) is 12.5 Å². The molecule has 3 aromatic rings. The van der Waals surface area contributed by atoms with E-state index in [4.69, 9.17) is 10.5 Å². The molecule has 3 rings (SSSR count). The zero-order valence-electron chi connectivity index (χ0n) is 23.2. The standard InChI is InChI=1S/C33H41NO6/c1-22-16-26(36)17-23(2)28(22)20-30(34)32(38)15-9-14-31(37)29(19-25-12-7-4-8-13-25)33(39)40-27(21-35)18-24-10-5-3-6-11-24/h3-14,16-17,27,29-32,35-38H,15,18-21,34H2,1-2H3/b14-9+. The predicted molar refractivity (Wildman–Crippen MR) is 156 cm³/mol. The molecule has 0 amide bonds. The number of aryl methyl sites for hydroxylation is 2. The van der Waals surface area contributed by atoms with E-state index in [0.29, 0.717) is 12.8 Å². The normalized spacial score (nSPS) is 15.3. The Morgan fingerprint density at radius 2 is 1.45 bits per heavy atom. The number of rotatable bonds is 14. The van der Waals surface area contributed by atoms with E-state index in [1.807, 2.05) is 74.5 Å². The summed E-state index contributed by atoms with van der Waals surface area (Å²) in [5.41, 5.74) is 10.9. The number of phenols is 1. The van der Waals surface area contributed by atoms with E-state index in [1.165, 1.54) is 6.08 Å². The molecule has 7 nitrogen and oxygen atoms in total. The van der Waals surface area contributed by atoms with E-state index < -0.39 is 36.2 Å². The maximum Gasteiger partial charge on any atom is 0.312 e. The fraction of sp³-hybridized carbons (Fsp3) is 0.364. The van der Waals surface area contributed by atoms with Crippen molar-refractivity contribution in [1.82, 2.24) is 0 Å². The number of aliphatic hydroxyl groups excluding tert-OH is 3. The topological polar surface area (TPSA) is 133 Å². The first-order chi connectivity index (χ1) is 19.2. The van der Waals surface area contributed by atoms with E-state index in [-0.39, 0.29) is 25.2 Å². The Morgan fingerprint density at radius 3 is 2.00 bits per heavy atom. The number of phenolic OH excluding ortho intramolecular Hbond substituents is 1. The summed E-state index contributed by atoms with van der Waals surface area (Å²) in [6.45, 7) is 3.45. The van der Waals surface area contributed by atoms with E-state index in [2.05, 4.69) is 0 Å². The summed E-state index contributed by atoms with van der Waals surface area (Å²) in [7, 11) is 0. The van der Waals surface area contributed by atoms with E-state index in [1.54, 1.807) is 18.2 Å². The zero-order chi connectivity index (χ0) is 29.1. The Balaban J connectivity index is 1.65. The number of aliphatic hydroxyl groups is 3. The summed E-state index contributed by atoms with van der Waals surface area (Å²) >= 11 is 0. The minimum absolute atomic E-state index is 0.189. The molecule has 6 N–H and O–H groups in total. The van der Waals surface area contributed by atoms with Gasteiger partial charge in [0.2, 0.25) is 0 Å². The van der Waals surface area contributed by atoms with Crippen molar-refractivity contribution >= 4 is 5.97 Å². The van der Waals surface area contributed by atoms with Crippen LogP contribution in [0.25, 0.3) is 0 Å². The van der Waals surface area contributed by atoms with Crippen LogP contribution in [0.2, 0.25) is 0 Å².